The summed E-state index contributed by atoms with van der Waals surface area (Å²) in [4.78, 5) is 26.0. The summed E-state index contributed by atoms with van der Waals surface area (Å²) in [6.45, 7) is -0.0607. The van der Waals surface area contributed by atoms with Crippen LogP contribution in [0.5, 0.6) is 0 Å². The molecule has 5 nitrogen and oxygen atoms in total. The van der Waals surface area contributed by atoms with Gasteiger partial charge in [-0.15, -0.1) is 0 Å². The van der Waals surface area contributed by atoms with E-state index in [1.165, 1.54) is 6.07 Å². The van der Waals surface area contributed by atoms with Crippen LogP contribution in [-0.4, -0.2) is 29.7 Å². The van der Waals surface area contributed by atoms with Crippen molar-refractivity contribution in [2.75, 3.05) is 18.5 Å². The first-order chi connectivity index (χ1) is 8.06. The second kappa shape index (κ2) is 4.29. The number of likely N-dealkylation sites (N-methyl/N-ethyl adjacent to an activating group) is 1. The van der Waals surface area contributed by atoms with E-state index in [2.05, 4.69) is 4.98 Å². The molecular formula is C12H12N2O3. The van der Waals surface area contributed by atoms with Crippen molar-refractivity contribution in [3.05, 3.63) is 40.7 Å². The summed E-state index contributed by atoms with van der Waals surface area (Å²) in [6, 6.07) is 8.55. The van der Waals surface area contributed by atoms with Gasteiger partial charge in [0.15, 0.2) is 0 Å². The van der Waals surface area contributed by atoms with E-state index in [-0.39, 0.29) is 12.1 Å². The maximum absolute atomic E-state index is 11.1. The summed E-state index contributed by atoms with van der Waals surface area (Å²) in [5, 5.41) is 9.58. The molecule has 1 heterocycles. The van der Waals surface area contributed by atoms with E-state index >= 15 is 0 Å². The van der Waals surface area contributed by atoms with Crippen LogP contribution >= 0.6 is 0 Å². The van der Waals surface area contributed by atoms with Crippen molar-refractivity contribution in [2.45, 2.75) is 0 Å². The molecule has 17 heavy (non-hydrogen) atoms. The van der Waals surface area contributed by atoms with Crippen LogP contribution in [0.2, 0.25) is 0 Å². The van der Waals surface area contributed by atoms with Gasteiger partial charge < -0.3 is 15.0 Å². The number of pyridine rings is 1. The first-order valence-electron chi connectivity index (χ1n) is 5.12. The van der Waals surface area contributed by atoms with Crippen LogP contribution in [-0.2, 0) is 4.79 Å². The Hall–Kier alpha value is -2.30. The minimum Gasteiger partial charge on any atom is -0.480 e. The van der Waals surface area contributed by atoms with Gasteiger partial charge in [0, 0.05) is 29.7 Å². The molecule has 1 aromatic heterocycles. The quantitative estimate of drug-likeness (QED) is 0.829. The number of carboxylic acid groups (broad SMARTS) is 1. The fourth-order valence-corrected chi connectivity index (χ4v) is 1.67. The third-order valence-corrected chi connectivity index (χ3v) is 2.52. The van der Waals surface area contributed by atoms with Crippen molar-refractivity contribution < 1.29 is 9.90 Å². The molecule has 0 unspecified atom stereocenters. The molecule has 2 rings (SSSR count). The van der Waals surface area contributed by atoms with Gasteiger partial charge in [-0.05, 0) is 24.3 Å². The lowest BCUT2D eigenvalue weighted by atomic mass is 10.2. The molecule has 1 aromatic carbocycles. The molecule has 2 aromatic rings. The van der Waals surface area contributed by atoms with Crippen molar-refractivity contribution >= 4 is 22.6 Å². The SMILES string of the molecule is CN(CC(=O)O)c1ccc2[nH]c(=O)ccc2c1. The number of rotatable bonds is 3. The van der Waals surface area contributed by atoms with E-state index in [1.807, 2.05) is 6.07 Å². The van der Waals surface area contributed by atoms with E-state index in [4.69, 9.17) is 5.11 Å². The molecule has 0 saturated carbocycles. The van der Waals surface area contributed by atoms with Gasteiger partial charge in [0.25, 0.3) is 0 Å². The fourth-order valence-electron chi connectivity index (χ4n) is 1.67. The molecule has 5 heteroatoms. The number of H-pyrrole nitrogens is 1. The summed E-state index contributed by atoms with van der Waals surface area (Å²) in [5.74, 6) is -0.880. The summed E-state index contributed by atoms with van der Waals surface area (Å²) in [5.41, 5.74) is 1.39. The predicted octanol–water partition coefficient (Wildman–Crippen LogP) is 1.05. The van der Waals surface area contributed by atoms with Gasteiger partial charge in [-0.25, -0.2) is 0 Å². The van der Waals surface area contributed by atoms with E-state index in [9.17, 15) is 9.59 Å². The normalized spacial score (nSPS) is 10.4. The van der Waals surface area contributed by atoms with Crippen LogP contribution in [0.3, 0.4) is 0 Å². The smallest absolute Gasteiger partial charge is 0.323 e. The molecule has 0 amide bonds. The maximum atomic E-state index is 11.1. The zero-order valence-electron chi connectivity index (χ0n) is 9.30. The van der Waals surface area contributed by atoms with Crippen molar-refractivity contribution in [2.24, 2.45) is 0 Å². The second-order valence-corrected chi connectivity index (χ2v) is 3.84. The number of nitrogens with zero attached hydrogens (tertiary/aromatic N) is 1. The van der Waals surface area contributed by atoms with Crippen molar-refractivity contribution in [1.82, 2.24) is 4.98 Å². The number of aliphatic carboxylic acids is 1. The van der Waals surface area contributed by atoms with Crippen molar-refractivity contribution in [3.63, 3.8) is 0 Å². The molecule has 0 aliphatic heterocycles. The van der Waals surface area contributed by atoms with Gasteiger partial charge in [-0.2, -0.15) is 0 Å². The van der Waals surface area contributed by atoms with Crippen molar-refractivity contribution in [1.29, 1.82) is 0 Å². The van der Waals surface area contributed by atoms with Gasteiger partial charge in [-0.1, -0.05) is 0 Å². The summed E-state index contributed by atoms with van der Waals surface area (Å²) in [6.07, 6.45) is 0. The highest BCUT2D eigenvalue weighted by molar-refractivity contribution is 5.83. The Labute approximate surface area is 97.3 Å². The summed E-state index contributed by atoms with van der Waals surface area (Å²) in [7, 11) is 1.71. The van der Waals surface area contributed by atoms with Crippen LogP contribution in [0.1, 0.15) is 0 Å². The monoisotopic (exact) mass is 232 g/mol. The Bertz CT molecular complexity index is 618. The number of hydrogen-bond donors (Lipinski definition) is 2. The predicted molar refractivity (Wildman–Crippen MR) is 65.5 cm³/mol. The van der Waals surface area contributed by atoms with Gasteiger partial charge in [0.2, 0.25) is 5.56 Å². The van der Waals surface area contributed by atoms with Crippen LogP contribution in [0, 0.1) is 0 Å². The molecule has 0 fully saturated rings. The number of aromatic nitrogens is 1. The Kier molecular flexibility index (Phi) is 2.82. The topological polar surface area (TPSA) is 73.4 Å². The molecule has 0 aliphatic carbocycles. The number of aromatic amines is 1. The third-order valence-electron chi connectivity index (χ3n) is 2.52. The molecule has 0 aliphatic rings. The zero-order valence-corrected chi connectivity index (χ0v) is 9.30. The minimum absolute atomic E-state index is 0.0607. The molecule has 0 saturated heterocycles. The molecule has 0 atom stereocenters. The minimum atomic E-state index is -0.880. The lowest BCUT2D eigenvalue weighted by molar-refractivity contribution is -0.135. The largest absolute Gasteiger partial charge is 0.480 e. The number of hydrogen-bond acceptors (Lipinski definition) is 3. The van der Waals surface area contributed by atoms with Gasteiger partial charge >= 0.3 is 5.97 Å². The number of fused-ring (bicyclic) bond motifs is 1. The number of carboxylic acids is 1. The fraction of sp³-hybridized carbons (Fsp3) is 0.167. The molecule has 2 N–H and O–H groups in total. The Morgan fingerprint density at radius 2 is 2.12 bits per heavy atom. The van der Waals surface area contributed by atoms with Crippen LogP contribution in [0.25, 0.3) is 10.9 Å². The molecule has 0 bridgehead atoms. The lowest BCUT2D eigenvalue weighted by Gasteiger charge is -2.17. The number of benzene rings is 1. The Morgan fingerprint density at radius 1 is 1.35 bits per heavy atom. The highest BCUT2D eigenvalue weighted by Crippen LogP contribution is 2.18. The van der Waals surface area contributed by atoms with Gasteiger partial charge in [-0.3, -0.25) is 9.59 Å². The van der Waals surface area contributed by atoms with E-state index in [1.54, 1.807) is 30.1 Å². The van der Waals surface area contributed by atoms with Gasteiger partial charge in [0.1, 0.15) is 6.54 Å². The van der Waals surface area contributed by atoms with Crippen LogP contribution in [0.4, 0.5) is 5.69 Å². The maximum Gasteiger partial charge on any atom is 0.323 e. The average molecular weight is 232 g/mol. The van der Waals surface area contributed by atoms with Crippen LogP contribution in [0.15, 0.2) is 35.1 Å². The zero-order chi connectivity index (χ0) is 12.4. The van der Waals surface area contributed by atoms with E-state index in [0.29, 0.717) is 0 Å². The summed E-state index contributed by atoms with van der Waals surface area (Å²) >= 11 is 0. The summed E-state index contributed by atoms with van der Waals surface area (Å²) < 4.78 is 0. The number of nitrogens with one attached hydrogen (secondary N) is 1. The van der Waals surface area contributed by atoms with Crippen molar-refractivity contribution in [3.8, 4) is 0 Å². The first kappa shape index (κ1) is 11.2. The van der Waals surface area contributed by atoms with E-state index in [0.717, 1.165) is 16.6 Å². The standard InChI is InChI=1S/C12H12N2O3/c1-14(7-12(16)17)9-3-4-10-8(6-9)2-5-11(15)13-10/h2-6H,7H2,1H3,(H,13,15)(H,16,17). The third kappa shape index (κ3) is 2.44. The highest BCUT2D eigenvalue weighted by Gasteiger charge is 2.06. The second-order valence-electron chi connectivity index (χ2n) is 3.84. The number of anilines is 1. The average Bonchev–Trinajstić information content (AvgIpc) is 2.27. The molecular weight excluding hydrogens is 220 g/mol. The molecule has 0 spiro atoms. The van der Waals surface area contributed by atoms with E-state index < -0.39 is 5.97 Å². The Balaban J connectivity index is 2.41. The highest BCUT2D eigenvalue weighted by atomic mass is 16.4. The first-order valence-corrected chi connectivity index (χ1v) is 5.12. The molecule has 0 radical (unpaired) electrons. The lowest BCUT2D eigenvalue weighted by Crippen LogP contribution is -2.24. The van der Waals surface area contributed by atoms with Gasteiger partial charge in [0.05, 0.1) is 0 Å². The van der Waals surface area contributed by atoms with Crippen LogP contribution < -0.4 is 10.5 Å². The molecule has 88 valence electrons. The number of carbonyl (C=O) groups is 1. The Morgan fingerprint density at radius 3 is 2.82 bits per heavy atom.